The molecule has 0 saturated carbocycles. The highest BCUT2D eigenvalue weighted by molar-refractivity contribution is 5.79. The Hall–Kier alpha value is -1.89. The summed E-state index contributed by atoms with van der Waals surface area (Å²) in [6.45, 7) is 10.7. The summed E-state index contributed by atoms with van der Waals surface area (Å²) in [6, 6.07) is 1.86. The van der Waals surface area contributed by atoms with E-state index < -0.39 is 0 Å². The van der Waals surface area contributed by atoms with Gasteiger partial charge in [0.15, 0.2) is 5.96 Å². The smallest absolute Gasteiger partial charge is 0.225 e. The average Bonchev–Trinajstić information content (AvgIpc) is 2.66. The molecule has 25 heavy (non-hydrogen) atoms. The van der Waals surface area contributed by atoms with Gasteiger partial charge in [0.1, 0.15) is 0 Å². The molecule has 0 aromatic carbocycles. The lowest BCUT2D eigenvalue weighted by molar-refractivity contribution is 0.250. The summed E-state index contributed by atoms with van der Waals surface area (Å²) in [5, 5.41) is 3.55. The van der Waals surface area contributed by atoms with Crippen molar-refractivity contribution in [3.05, 3.63) is 18.5 Å². The van der Waals surface area contributed by atoms with Crippen LogP contribution >= 0.6 is 0 Å². The highest BCUT2D eigenvalue weighted by Gasteiger charge is 2.20. The van der Waals surface area contributed by atoms with Gasteiger partial charge in [0.2, 0.25) is 5.95 Å². The standard InChI is InChI=1S/C18H31N7/c1-16-5-3-9-25(15-16)17(19-2)22-8-10-23-11-13-24(14-12-23)18-20-6-4-7-21-18/h4,6-7,16H,3,5,8-15H2,1-2H3,(H,19,22). The Morgan fingerprint density at radius 2 is 1.96 bits per heavy atom. The predicted octanol–water partition coefficient (Wildman–Crippen LogP) is 0.906. The van der Waals surface area contributed by atoms with Gasteiger partial charge in [-0.25, -0.2) is 9.97 Å². The van der Waals surface area contributed by atoms with Crippen LogP contribution in [0.4, 0.5) is 5.95 Å². The maximum Gasteiger partial charge on any atom is 0.225 e. The first-order valence-corrected chi connectivity index (χ1v) is 9.46. The quantitative estimate of drug-likeness (QED) is 0.646. The molecule has 1 N–H and O–H groups in total. The fourth-order valence-corrected chi connectivity index (χ4v) is 3.67. The molecule has 3 heterocycles. The van der Waals surface area contributed by atoms with Crippen molar-refractivity contribution < 1.29 is 0 Å². The molecule has 1 aromatic rings. The molecule has 2 saturated heterocycles. The van der Waals surface area contributed by atoms with Crippen molar-refractivity contribution in [3.63, 3.8) is 0 Å². The number of hydrogen-bond acceptors (Lipinski definition) is 5. The van der Waals surface area contributed by atoms with Gasteiger partial charge in [-0.3, -0.25) is 9.89 Å². The van der Waals surface area contributed by atoms with E-state index in [0.29, 0.717) is 0 Å². The van der Waals surface area contributed by atoms with Crippen LogP contribution in [0.2, 0.25) is 0 Å². The number of guanidine groups is 1. The Balaban J connectivity index is 1.38. The largest absolute Gasteiger partial charge is 0.355 e. The highest BCUT2D eigenvalue weighted by Crippen LogP contribution is 2.15. The minimum absolute atomic E-state index is 0.764. The van der Waals surface area contributed by atoms with Gasteiger partial charge in [0.05, 0.1) is 0 Å². The van der Waals surface area contributed by atoms with Gasteiger partial charge in [0, 0.05) is 71.8 Å². The molecule has 1 atom stereocenters. The lowest BCUT2D eigenvalue weighted by atomic mass is 10.0. The van der Waals surface area contributed by atoms with Crippen LogP contribution in [-0.4, -0.2) is 85.1 Å². The fourth-order valence-electron chi connectivity index (χ4n) is 3.67. The topological polar surface area (TPSA) is 59.9 Å². The first-order chi connectivity index (χ1) is 12.3. The van der Waals surface area contributed by atoms with Crippen LogP contribution in [0.15, 0.2) is 23.5 Å². The van der Waals surface area contributed by atoms with Crippen LogP contribution in [-0.2, 0) is 0 Å². The van der Waals surface area contributed by atoms with Gasteiger partial charge in [-0.05, 0) is 24.8 Å². The number of piperidine rings is 1. The van der Waals surface area contributed by atoms with Gasteiger partial charge in [-0.1, -0.05) is 6.92 Å². The van der Waals surface area contributed by atoms with Gasteiger partial charge in [-0.15, -0.1) is 0 Å². The third kappa shape index (κ3) is 5.04. The summed E-state index contributed by atoms with van der Waals surface area (Å²) in [6.07, 6.45) is 6.23. The Labute approximate surface area is 151 Å². The maximum atomic E-state index is 4.47. The van der Waals surface area contributed by atoms with E-state index in [0.717, 1.165) is 70.2 Å². The molecule has 2 fully saturated rings. The van der Waals surface area contributed by atoms with Crippen LogP contribution in [0.3, 0.4) is 0 Å². The minimum Gasteiger partial charge on any atom is -0.355 e. The van der Waals surface area contributed by atoms with Gasteiger partial charge in [-0.2, -0.15) is 0 Å². The molecule has 7 heteroatoms. The lowest BCUT2D eigenvalue weighted by Gasteiger charge is -2.36. The molecule has 1 aromatic heterocycles. The second-order valence-corrected chi connectivity index (χ2v) is 7.04. The van der Waals surface area contributed by atoms with E-state index >= 15 is 0 Å². The number of aliphatic imine (C=N–C) groups is 1. The molecule has 1 unspecified atom stereocenters. The molecule has 2 aliphatic rings. The summed E-state index contributed by atoms with van der Waals surface area (Å²) in [5.74, 6) is 2.67. The Bertz CT molecular complexity index is 540. The average molecular weight is 345 g/mol. The Kier molecular flexibility index (Phi) is 6.44. The number of nitrogens with one attached hydrogen (secondary N) is 1. The van der Waals surface area contributed by atoms with E-state index in [2.05, 4.69) is 41.9 Å². The third-order valence-electron chi connectivity index (χ3n) is 5.09. The molecule has 0 aliphatic carbocycles. The molecule has 7 nitrogen and oxygen atoms in total. The lowest BCUT2D eigenvalue weighted by Crippen LogP contribution is -2.51. The van der Waals surface area contributed by atoms with E-state index in [9.17, 15) is 0 Å². The number of hydrogen-bond donors (Lipinski definition) is 1. The van der Waals surface area contributed by atoms with Gasteiger partial charge >= 0.3 is 0 Å². The molecule has 3 rings (SSSR count). The molecule has 0 radical (unpaired) electrons. The van der Waals surface area contributed by atoms with Crippen LogP contribution < -0.4 is 10.2 Å². The summed E-state index contributed by atoms with van der Waals surface area (Å²) < 4.78 is 0. The Morgan fingerprint density at radius 3 is 2.64 bits per heavy atom. The van der Waals surface area contributed by atoms with Crippen LogP contribution in [0.1, 0.15) is 19.8 Å². The number of aromatic nitrogens is 2. The van der Waals surface area contributed by atoms with E-state index in [1.165, 1.54) is 12.8 Å². The fraction of sp³-hybridized carbons (Fsp3) is 0.722. The maximum absolute atomic E-state index is 4.47. The SMILES string of the molecule is CN=C(NCCN1CCN(c2ncccn2)CC1)N1CCCC(C)C1. The monoisotopic (exact) mass is 345 g/mol. The van der Waals surface area contributed by atoms with Crippen LogP contribution in [0.5, 0.6) is 0 Å². The van der Waals surface area contributed by atoms with Crippen molar-refractivity contribution in [2.75, 3.05) is 64.3 Å². The van der Waals surface area contributed by atoms with E-state index in [1.54, 1.807) is 0 Å². The summed E-state index contributed by atoms with van der Waals surface area (Å²) in [5.41, 5.74) is 0. The molecule has 0 bridgehead atoms. The van der Waals surface area contributed by atoms with Crippen molar-refractivity contribution in [2.24, 2.45) is 10.9 Å². The van der Waals surface area contributed by atoms with Crippen LogP contribution in [0, 0.1) is 5.92 Å². The zero-order valence-corrected chi connectivity index (χ0v) is 15.6. The molecule has 138 valence electrons. The Morgan fingerprint density at radius 1 is 1.20 bits per heavy atom. The molecule has 0 amide bonds. The first-order valence-electron chi connectivity index (χ1n) is 9.46. The molecule has 0 spiro atoms. The summed E-state index contributed by atoms with van der Waals surface area (Å²) in [7, 11) is 1.89. The van der Waals surface area contributed by atoms with Crippen molar-refractivity contribution in [2.45, 2.75) is 19.8 Å². The van der Waals surface area contributed by atoms with Crippen molar-refractivity contribution in [1.29, 1.82) is 0 Å². The van der Waals surface area contributed by atoms with E-state index in [1.807, 2.05) is 25.5 Å². The zero-order valence-electron chi connectivity index (χ0n) is 15.6. The summed E-state index contributed by atoms with van der Waals surface area (Å²) in [4.78, 5) is 20.3. The van der Waals surface area contributed by atoms with E-state index in [4.69, 9.17) is 0 Å². The minimum atomic E-state index is 0.764. The number of nitrogens with zero attached hydrogens (tertiary/aromatic N) is 6. The highest BCUT2D eigenvalue weighted by atomic mass is 15.3. The van der Waals surface area contributed by atoms with E-state index in [-0.39, 0.29) is 0 Å². The second-order valence-electron chi connectivity index (χ2n) is 7.04. The van der Waals surface area contributed by atoms with Gasteiger partial charge < -0.3 is 15.1 Å². The third-order valence-corrected chi connectivity index (χ3v) is 5.09. The number of likely N-dealkylation sites (tertiary alicyclic amines) is 1. The van der Waals surface area contributed by atoms with Crippen molar-refractivity contribution >= 4 is 11.9 Å². The molecular formula is C18H31N7. The van der Waals surface area contributed by atoms with Crippen molar-refractivity contribution in [1.82, 2.24) is 25.1 Å². The van der Waals surface area contributed by atoms with Gasteiger partial charge in [0.25, 0.3) is 0 Å². The second kappa shape index (κ2) is 8.99. The molecule has 2 aliphatic heterocycles. The molecular weight excluding hydrogens is 314 g/mol. The summed E-state index contributed by atoms with van der Waals surface area (Å²) >= 11 is 0. The first kappa shape index (κ1) is 17.9. The number of anilines is 1. The predicted molar refractivity (Wildman–Crippen MR) is 102 cm³/mol. The van der Waals surface area contributed by atoms with Crippen molar-refractivity contribution in [3.8, 4) is 0 Å². The van der Waals surface area contributed by atoms with Crippen LogP contribution in [0.25, 0.3) is 0 Å². The number of piperazine rings is 1. The zero-order chi connectivity index (χ0) is 17.5. The normalized spacial score (nSPS) is 23.0. The number of rotatable bonds is 4.